The predicted molar refractivity (Wildman–Crippen MR) is 125 cm³/mol. The Labute approximate surface area is 203 Å². The van der Waals surface area contributed by atoms with Crippen molar-refractivity contribution < 1.29 is 22.4 Å². The van der Waals surface area contributed by atoms with Crippen molar-refractivity contribution in [2.45, 2.75) is 44.9 Å². The molecule has 2 aliphatic rings. The topological polar surface area (TPSA) is 65.2 Å². The zero-order valence-corrected chi connectivity index (χ0v) is 19.7. The summed E-state index contributed by atoms with van der Waals surface area (Å²) in [6, 6.07) is 7.76. The highest BCUT2D eigenvalue weighted by atomic mass is 32.1. The molecule has 2 heterocycles. The number of hydrogen-bond donors (Lipinski definition) is 2. The Morgan fingerprint density at radius 1 is 1.17 bits per heavy atom. The molecule has 2 aromatic carbocycles. The van der Waals surface area contributed by atoms with E-state index in [-0.39, 0.29) is 24.5 Å². The monoisotopic (exact) mass is 507 g/mol. The fourth-order valence-corrected chi connectivity index (χ4v) is 5.90. The number of nitrogens with zero attached hydrogens (tertiary/aromatic N) is 1. The fourth-order valence-electron chi connectivity index (χ4n) is 5.05. The van der Waals surface area contributed by atoms with Crippen molar-refractivity contribution in [3.63, 3.8) is 0 Å². The minimum Gasteiger partial charge on any atom is -0.333 e. The molecule has 0 spiro atoms. The van der Waals surface area contributed by atoms with Crippen LogP contribution in [0.2, 0.25) is 0 Å². The zero-order valence-electron chi connectivity index (χ0n) is 18.9. The van der Waals surface area contributed by atoms with Crippen LogP contribution in [0, 0.1) is 17.2 Å². The number of nitrogens with one attached hydrogen (secondary N) is 2. The summed E-state index contributed by atoms with van der Waals surface area (Å²) in [4.78, 5) is 29.6. The van der Waals surface area contributed by atoms with Crippen molar-refractivity contribution in [1.82, 2.24) is 15.2 Å². The van der Waals surface area contributed by atoms with Gasteiger partial charge in [-0.1, -0.05) is 42.4 Å². The third-order valence-electron chi connectivity index (χ3n) is 6.96. The summed E-state index contributed by atoms with van der Waals surface area (Å²) >= 11 is 0.861. The first-order chi connectivity index (χ1) is 16.6. The molecule has 1 amide bonds. The third-order valence-corrected chi connectivity index (χ3v) is 7.92. The number of amides is 1. The minimum atomic E-state index is -4.49. The van der Waals surface area contributed by atoms with Crippen molar-refractivity contribution in [2.75, 3.05) is 13.1 Å². The zero-order chi connectivity index (χ0) is 24.8. The molecule has 10 heteroatoms. The van der Waals surface area contributed by atoms with E-state index in [1.54, 1.807) is 11.0 Å². The van der Waals surface area contributed by atoms with Crippen molar-refractivity contribution in [2.24, 2.45) is 11.3 Å². The summed E-state index contributed by atoms with van der Waals surface area (Å²) in [5, 5.41) is 3.29. The number of hydrogen-bond acceptors (Lipinski definition) is 4. The summed E-state index contributed by atoms with van der Waals surface area (Å²) in [5.41, 5.74) is -0.364. The van der Waals surface area contributed by atoms with Crippen molar-refractivity contribution in [1.29, 1.82) is 0 Å². The van der Waals surface area contributed by atoms with Gasteiger partial charge in [-0.3, -0.25) is 9.59 Å². The summed E-state index contributed by atoms with van der Waals surface area (Å²) in [5.74, 6) is -0.197. The Balaban J connectivity index is 1.52. The second-order valence-corrected chi connectivity index (χ2v) is 10.6. The quantitative estimate of drug-likeness (QED) is 0.440. The molecule has 1 aliphatic carbocycles. The van der Waals surface area contributed by atoms with Crippen molar-refractivity contribution >= 4 is 27.5 Å². The molecule has 186 valence electrons. The lowest BCUT2D eigenvalue weighted by Crippen LogP contribution is -2.45. The standard InChI is InChI=1S/C25H25F4N3O2S/c26-19-7-6-17(21-20(19)31-23(34)35-21)13-32(12-16-2-1-3-18(10-16)25(27,28)29)22(33)24(8-9-30-14-24)11-15-4-5-15/h1-3,6-7,10,15,30H,4-5,8-9,11-14H2,(H,31,34). The van der Waals surface area contributed by atoms with Crippen LogP contribution in [-0.4, -0.2) is 28.9 Å². The average Bonchev–Trinajstić information content (AvgIpc) is 3.32. The molecule has 1 unspecified atom stereocenters. The van der Waals surface area contributed by atoms with E-state index in [0.717, 1.165) is 42.7 Å². The first-order valence-corrected chi connectivity index (χ1v) is 12.4. The van der Waals surface area contributed by atoms with Gasteiger partial charge in [0, 0.05) is 19.6 Å². The number of benzene rings is 2. The Kier molecular flexibility index (Phi) is 6.21. The first kappa shape index (κ1) is 24.0. The highest BCUT2D eigenvalue weighted by Crippen LogP contribution is 2.45. The van der Waals surface area contributed by atoms with Gasteiger partial charge in [0.25, 0.3) is 0 Å². The van der Waals surface area contributed by atoms with Crippen molar-refractivity contribution in [3.8, 4) is 0 Å². The second-order valence-electron chi connectivity index (χ2n) is 9.64. The number of thiazole rings is 1. The van der Waals surface area contributed by atoms with E-state index in [1.807, 2.05) is 0 Å². The van der Waals surface area contributed by atoms with Crippen LogP contribution < -0.4 is 10.2 Å². The number of H-pyrrole nitrogens is 1. The maximum Gasteiger partial charge on any atom is 0.416 e. The summed E-state index contributed by atoms with van der Waals surface area (Å²) in [7, 11) is 0. The maximum absolute atomic E-state index is 14.3. The largest absolute Gasteiger partial charge is 0.416 e. The van der Waals surface area contributed by atoms with E-state index in [2.05, 4.69) is 10.3 Å². The number of rotatable bonds is 7. The second kappa shape index (κ2) is 9.05. The van der Waals surface area contributed by atoms with Gasteiger partial charge >= 0.3 is 11.0 Å². The summed E-state index contributed by atoms with van der Waals surface area (Å²) in [6.45, 7) is 1.27. The molecule has 1 saturated heterocycles. The Bertz CT molecular complexity index is 1310. The third kappa shape index (κ3) is 4.99. The van der Waals surface area contributed by atoms with Gasteiger partial charge in [-0.05, 0) is 54.6 Å². The molecular weight excluding hydrogens is 482 g/mol. The van der Waals surface area contributed by atoms with Crippen LogP contribution in [0.4, 0.5) is 17.6 Å². The Morgan fingerprint density at radius 3 is 2.66 bits per heavy atom. The maximum atomic E-state index is 14.3. The number of halogens is 4. The molecule has 5 nitrogen and oxygen atoms in total. The van der Waals surface area contributed by atoms with Crippen LogP contribution in [0.3, 0.4) is 0 Å². The molecule has 2 N–H and O–H groups in total. The van der Waals surface area contributed by atoms with Gasteiger partial charge in [-0.15, -0.1) is 0 Å². The van der Waals surface area contributed by atoms with E-state index in [0.29, 0.717) is 41.3 Å². The van der Waals surface area contributed by atoms with Crippen LogP contribution in [0.5, 0.6) is 0 Å². The number of aromatic nitrogens is 1. The molecule has 3 aromatic rings. The Morgan fingerprint density at radius 2 is 1.97 bits per heavy atom. The van der Waals surface area contributed by atoms with Crippen LogP contribution in [-0.2, 0) is 24.1 Å². The van der Waals surface area contributed by atoms with Crippen LogP contribution in [0.1, 0.15) is 42.4 Å². The van der Waals surface area contributed by atoms with Gasteiger partial charge in [0.05, 0.1) is 21.2 Å². The van der Waals surface area contributed by atoms with Gasteiger partial charge in [-0.2, -0.15) is 13.2 Å². The average molecular weight is 508 g/mol. The number of aromatic amines is 1. The fraction of sp³-hybridized carbons (Fsp3) is 0.440. The number of carbonyl (C=O) groups excluding carboxylic acids is 1. The van der Waals surface area contributed by atoms with E-state index in [4.69, 9.17) is 0 Å². The molecule has 0 radical (unpaired) electrons. The lowest BCUT2D eigenvalue weighted by Gasteiger charge is -2.34. The van der Waals surface area contributed by atoms with Crippen LogP contribution >= 0.6 is 11.3 Å². The van der Waals surface area contributed by atoms with Gasteiger partial charge in [0.1, 0.15) is 5.82 Å². The highest BCUT2D eigenvalue weighted by Gasteiger charge is 2.47. The van der Waals surface area contributed by atoms with E-state index < -0.39 is 27.8 Å². The smallest absolute Gasteiger partial charge is 0.333 e. The van der Waals surface area contributed by atoms with Gasteiger partial charge in [-0.25, -0.2) is 4.39 Å². The number of alkyl halides is 3. The van der Waals surface area contributed by atoms with Crippen LogP contribution in [0.25, 0.3) is 10.2 Å². The van der Waals surface area contributed by atoms with Gasteiger partial charge in [0.2, 0.25) is 5.91 Å². The molecular formula is C25H25F4N3O2S. The molecule has 0 bridgehead atoms. The molecule has 1 aromatic heterocycles. The van der Waals surface area contributed by atoms with E-state index >= 15 is 0 Å². The lowest BCUT2D eigenvalue weighted by molar-refractivity contribution is -0.143. The van der Waals surface area contributed by atoms with E-state index in [9.17, 15) is 27.2 Å². The molecule has 35 heavy (non-hydrogen) atoms. The molecule has 1 saturated carbocycles. The SMILES string of the molecule is O=C(N(Cc1cccc(C(F)(F)F)c1)Cc1ccc(F)c2[nH]c(=O)sc12)C1(CC2CC2)CCNC1. The van der Waals surface area contributed by atoms with Crippen molar-refractivity contribution in [3.05, 3.63) is 68.6 Å². The molecule has 1 aliphatic heterocycles. The summed E-state index contributed by atoms with van der Waals surface area (Å²) < 4.78 is 54.7. The number of fused-ring (bicyclic) bond motifs is 1. The molecule has 2 fully saturated rings. The Hall–Kier alpha value is -2.72. The lowest BCUT2D eigenvalue weighted by atomic mass is 9.80. The predicted octanol–water partition coefficient (Wildman–Crippen LogP) is 5.06. The van der Waals surface area contributed by atoms with Gasteiger partial charge < -0.3 is 15.2 Å². The van der Waals surface area contributed by atoms with E-state index in [1.165, 1.54) is 18.2 Å². The highest BCUT2D eigenvalue weighted by molar-refractivity contribution is 7.16. The van der Waals surface area contributed by atoms with Crippen LogP contribution in [0.15, 0.2) is 41.2 Å². The molecule has 1 atom stereocenters. The number of carbonyl (C=O) groups is 1. The first-order valence-electron chi connectivity index (χ1n) is 11.6. The molecule has 5 rings (SSSR count). The minimum absolute atomic E-state index is 0.0205. The van der Waals surface area contributed by atoms with Gasteiger partial charge in [0.15, 0.2) is 0 Å². The summed E-state index contributed by atoms with van der Waals surface area (Å²) in [6.07, 6.45) is -0.920. The normalized spacial score (nSPS) is 20.5.